The largest absolute Gasteiger partial charge is 0.443 e. The predicted molar refractivity (Wildman–Crippen MR) is 91.3 cm³/mol. The van der Waals surface area contributed by atoms with Crippen LogP contribution in [0.3, 0.4) is 0 Å². The fourth-order valence-electron chi connectivity index (χ4n) is 1.51. The number of hydrazine groups is 1. The third kappa shape index (κ3) is 8.56. The van der Waals surface area contributed by atoms with Gasteiger partial charge in [0.05, 0.1) is 0 Å². The lowest BCUT2D eigenvalue weighted by molar-refractivity contribution is 0.0408. The van der Waals surface area contributed by atoms with Crippen LogP contribution in [0, 0.1) is 5.92 Å². The van der Waals surface area contributed by atoms with Gasteiger partial charge in [0.25, 0.3) is 0 Å². The van der Waals surface area contributed by atoms with Crippen molar-refractivity contribution < 1.29 is 9.53 Å². The lowest BCUT2D eigenvalue weighted by atomic mass is 10.2. The second-order valence-electron chi connectivity index (χ2n) is 6.28. The quantitative estimate of drug-likeness (QED) is 0.358. The van der Waals surface area contributed by atoms with Crippen LogP contribution >= 0.6 is 11.6 Å². The average molecular weight is 331 g/mol. The average Bonchev–Trinajstić information content (AvgIpc) is 2.31. The van der Waals surface area contributed by atoms with Gasteiger partial charge in [0.15, 0.2) is 5.84 Å². The summed E-state index contributed by atoms with van der Waals surface area (Å²) in [6.45, 7) is 15.2. The van der Waals surface area contributed by atoms with E-state index in [-0.39, 0.29) is 11.1 Å². The van der Waals surface area contributed by atoms with Gasteiger partial charge in [0.1, 0.15) is 10.8 Å². The SMILES string of the molecule is C=C(Cl)/N=C(\C(C)=C/N)N(CC(C)C)NC(=O)OC(C)(C)C. The van der Waals surface area contributed by atoms with Gasteiger partial charge in [0, 0.05) is 18.3 Å². The number of amides is 1. The van der Waals surface area contributed by atoms with Crippen molar-refractivity contribution in [3.63, 3.8) is 0 Å². The van der Waals surface area contributed by atoms with E-state index in [2.05, 4.69) is 17.0 Å². The molecule has 0 spiro atoms. The van der Waals surface area contributed by atoms with Crippen molar-refractivity contribution >= 4 is 23.5 Å². The zero-order chi connectivity index (χ0) is 17.5. The molecule has 0 fully saturated rings. The topological polar surface area (TPSA) is 80.0 Å². The number of hydrogen-bond donors (Lipinski definition) is 2. The van der Waals surface area contributed by atoms with E-state index in [1.807, 2.05) is 13.8 Å². The normalized spacial score (nSPS) is 13.1. The number of nitrogens with zero attached hydrogens (tertiary/aromatic N) is 2. The van der Waals surface area contributed by atoms with E-state index in [0.29, 0.717) is 18.0 Å². The second kappa shape index (κ2) is 8.68. The molecule has 0 aromatic heterocycles. The van der Waals surface area contributed by atoms with E-state index in [9.17, 15) is 4.79 Å². The Kier molecular flexibility index (Phi) is 8.01. The summed E-state index contributed by atoms with van der Waals surface area (Å²) in [5.74, 6) is 0.677. The van der Waals surface area contributed by atoms with Crippen LogP contribution in [0.5, 0.6) is 0 Å². The Labute approximate surface area is 138 Å². The summed E-state index contributed by atoms with van der Waals surface area (Å²) in [6, 6.07) is 0. The number of halogens is 1. The van der Waals surface area contributed by atoms with Crippen LogP contribution < -0.4 is 11.2 Å². The Balaban J connectivity index is 5.40. The molecule has 0 rings (SSSR count). The van der Waals surface area contributed by atoms with Crippen molar-refractivity contribution in [2.24, 2.45) is 16.6 Å². The molecule has 126 valence electrons. The molecule has 0 aliphatic heterocycles. The lowest BCUT2D eigenvalue weighted by Crippen LogP contribution is -2.50. The number of hydrogen-bond acceptors (Lipinski definition) is 4. The molecule has 0 saturated heterocycles. The molecule has 3 N–H and O–H groups in total. The molecule has 0 atom stereocenters. The number of nitrogens with one attached hydrogen (secondary N) is 1. The van der Waals surface area contributed by atoms with Crippen molar-refractivity contribution in [3.05, 3.63) is 23.5 Å². The summed E-state index contributed by atoms with van der Waals surface area (Å²) in [7, 11) is 0. The zero-order valence-corrected chi connectivity index (χ0v) is 15.0. The van der Waals surface area contributed by atoms with Crippen LogP contribution in [-0.2, 0) is 4.74 Å². The fourth-order valence-corrected chi connectivity index (χ4v) is 1.59. The van der Waals surface area contributed by atoms with E-state index >= 15 is 0 Å². The molecule has 0 aliphatic rings. The molecule has 0 unspecified atom stereocenters. The summed E-state index contributed by atoms with van der Waals surface area (Å²) < 4.78 is 5.27. The molecule has 22 heavy (non-hydrogen) atoms. The maximum atomic E-state index is 12.0. The first-order valence-corrected chi connectivity index (χ1v) is 7.43. The van der Waals surface area contributed by atoms with Gasteiger partial charge >= 0.3 is 6.09 Å². The van der Waals surface area contributed by atoms with Gasteiger partial charge in [-0.25, -0.2) is 15.2 Å². The Hall–Kier alpha value is -1.69. The first kappa shape index (κ1) is 20.3. The van der Waals surface area contributed by atoms with E-state index in [1.165, 1.54) is 6.20 Å². The molecule has 6 nitrogen and oxygen atoms in total. The summed E-state index contributed by atoms with van der Waals surface area (Å²) in [6.07, 6.45) is 0.814. The summed E-state index contributed by atoms with van der Waals surface area (Å²) in [4.78, 5) is 16.2. The van der Waals surface area contributed by atoms with Crippen molar-refractivity contribution in [1.29, 1.82) is 0 Å². The minimum absolute atomic E-state index is 0.0935. The van der Waals surface area contributed by atoms with Crippen molar-refractivity contribution in [1.82, 2.24) is 10.4 Å². The molecule has 7 heteroatoms. The number of nitrogens with two attached hydrogens (primary N) is 1. The first-order valence-electron chi connectivity index (χ1n) is 7.05. The fraction of sp³-hybridized carbons (Fsp3) is 0.600. The van der Waals surface area contributed by atoms with Gasteiger partial charge in [-0.15, -0.1) is 0 Å². The molecule has 0 aliphatic carbocycles. The van der Waals surface area contributed by atoms with Crippen LogP contribution in [0.1, 0.15) is 41.5 Å². The van der Waals surface area contributed by atoms with Crippen molar-refractivity contribution in [2.75, 3.05) is 6.54 Å². The third-order valence-electron chi connectivity index (χ3n) is 2.26. The van der Waals surface area contributed by atoms with Gasteiger partial charge in [-0.05, 0) is 33.6 Å². The Morgan fingerprint density at radius 2 is 2.05 bits per heavy atom. The summed E-state index contributed by atoms with van der Waals surface area (Å²) in [5.41, 5.74) is 8.29. The van der Waals surface area contributed by atoms with Gasteiger partial charge < -0.3 is 10.5 Å². The number of aliphatic imine (C=N–C) groups is 1. The third-order valence-corrected chi connectivity index (χ3v) is 2.34. The van der Waals surface area contributed by atoms with E-state index < -0.39 is 11.7 Å². The van der Waals surface area contributed by atoms with Crippen LogP contribution in [-0.4, -0.2) is 29.1 Å². The van der Waals surface area contributed by atoms with Crippen molar-refractivity contribution in [2.45, 2.75) is 47.1 Å². The predicted octanol–water partition coefficient (Wildman–Crippen LogP) is 3.36. The monoisotopic (exact) mass is 330 g/mol. The lowest BCUT2D eigenvalue weighted by Gasteiger charge is -2.30. The van der Waals surface area contributed by atoms with Crippen LogP contribution in [0.25, 0.3) is 0 Å². The minimum Gasteiger partial charge on any atom is -0.443 e. The highest BCUT2D eigenvalue weighted by molar-refractivity contribution is 6.30. The Bertz CT molecular complexity index is 465. The summed E-state index contributed by atoms with van der Waals surface area (Å²) in [5, 5.41) is 1.65. The van der Waals surface area contributed by atoms with E-state index in [4.69, 9.17) is 22.1 Å². The standard InChI is InChI=1S/C15H27ClN4O2/c1-10(2)9-20(19-14(21)22-15(5,6)7)13(11(3)8-17)18-12(4)16/h8,10H,4,9,17H2,1-3,5-7H3,(H,19,21)/b11-8-,18-13+. The zero-order valence-electron chi connectivity index (χ0n) is 14.2. The number of amidine groups is 1. The molecule has 0 heterocycles. The number of rotatable bonds is 4. The highest BCUT2D eigenvalue weighted by atomic mass is 35.5. The highest BCUT2D eigenvalue weighted by Crippen LogP contribution is 2.11. The molecular formula is C15H27ClN4O2. The molecule has 0 aromatic rings. The maximum Gasteiger partial charge on any atom is 0.426 e. The molecule has 0 aromatic carbocycles. The van der Waals surface area contributed by atoms with Gasteiger partial charge in [0.2, 0.25) is 0 Å². The number of ether oxygens (including phenoxy) is 1. The van der Waals surface area contributed by atoms with Crippen LogP contribution in [0.15, 0.2) is 28.5 Å². The molecule has 0 radical (unpaired) electrons. The Morgan fingerprint density at radius 1 is 1.50 bits per heavy atom. The van der Waals surface area contributed by atoms with Crippen LogP contribution in [0.4, 0.5) is 4.79 Å². The second-order valence-corrected chi connectivity index (χ2v) is 6.72. The maximum absolute atomic E-state index is 12.0. The van der Waals surface area contributed by atoms with Gasteiger partial charge in [-0.1, -0.05) is 32.0 Å². The number of carbonyl (C=O) groups is 1. The molecule has 0 bridgehead atoms. The van der Waals surface area contributed by atoms with E-state index in [0.717, 1.165) is 0 Å². The van der Waals surface area contributed by atoms with Crippen LogP contribution in [0.2, 0.25) is 0 Å². The van der Waals surface area contributed by atoms with Crippen molar-refractivity contribution in [3.8, 4) is 0 Å². The highest BCUT2D eigenvalue weighted by Gasteiger charge is 2.22. The Morgan fingerprint density at radius 3 is 2.41 bits per heavy atom. The summed E-state index contributed by atoms with van der Waals surface area (Å²) >= 11 is 5.78. The number of carbonyl (C=O) groups excluding carboxylic acids is 1. The first-order chi connectivity index (χ1) is 9.96. The molecular weight excluding hydrogens is 304 g/mol. The van der Waals surface area contributed by atoms with E-state index in [1.54, 1.807) is 32.7 Å². The minimum atomic E-state index is -0.597. The van der Waals surface area contributed by atoms with Gasteiger partial charge in [-0.2, -0.15) is 0 Å². The molecule has 0 saturated carbocycles. The molecule has 1 amide bonds. The van der Waals surface area contributed by atoms with Gasteiger partial charge in [-0.3, -0.25) is 5.01 Å². The smallest absolute Gasteiger partial charge is 0.426 e.